The third kappa shape index (κ3) is 4.51. The summed E-state index contributed by atoms with van der Waals surface area (Å²) < 4.78 is 4.94. The highest BCUT2D eigenvalue weighted by Crippen LogP contribution is 2.35. The van der Waals surface area contributed by atoms with Gasteiger partial charge in [-0.2, -0.15) is 0 Å². The first-order valence-electron chi connectivity index (χ1n) is 6.84. The minimum Gasteiger partial charge on any atom is -0.466 e. The number of hydrogen-bond acceptors (Lipinski definition) is 3. The van der Waals surface area contributed by atoms with E-state index in [0.29, 0.717) is 18.8 Å². The quantitative estimate of drug-likeness (QED) is 0.550. The summed E-state index contributed by atoms with van der Waals surface area (Å²) in [6.07, 6.45) is 0.412. The van der Waals surface area contributed by atoms with Gasteiger partial charge in [-0.15, -0.1) is 11.8 Å². The molecule has 110 valence electrons. The SMILES string of the molecule is CCOC(=O)CCSc1ccccc1-c1ccccc1Cl. The van der Waals surface area contributed by atoms with E-state index in [9.17, 15) is 4.79 Å². The molecule has 0 fully saturated rings. The maximum absolute atomic E-state index is 11.4. The molecule has 0 aliphatic heterocycles. The maximum Gasteiger partial charge on any atom is 0.306 e. The molecular formula is C17H17ClO2S. The fraction of sp³-hybridized carbons (Fsp3) is 0.235. The smallest absolute Gasteiger partial charge is 0.306 e. The highest BCUT2D eigenvalue weighted by atomic mass is 35.5. The number of esters is 1. The lowest BCUT2D eigenvalue weighted by atomic mass is 10.1. The molecule has 0 aromatic heterocycles. The summed E-state index contributed by atoms with van der Waals surface area (Å²) in [5.41, 5.74) is 2.11. The highest BCUT2D eigenvalue weighted by Gasteiger charge is 2.09. The molecule has 0 aliphatic carbocycles. The molecule has 2 rings (SSSR count). The van der Waals surface area contributed by atoms with Crippen LogP contribution in [0.2, 0.25) is 5.02 Å². The Labute approximate surface area is 134 Å². The lowest BCUT2D eigenvalue weighted by Gasteiger charge is -2.10. The van der Waals surface area contributed by atoms with Gasteiger partial charge in [0.05, 0.1) is 13.0 Å². The summed E-state index contributed by atoms with van der Waals surface area (Å²) in [5, 5.41) is 0.732. The normalized spacial score (nSPS) is 10.4. The average molecular weight is 321 g/mol. The van der Waals surface area contributed by atoms with Crippen LogP contribution in [0.15, 0.2) is 53.4 Å². The molecule has 2 aromatic rings. The van der Waals surface area contributed by atoms with Crippen LogP contribution in [0, 0.1) is 0 Å². The zero-order chi connectivity index (χ0) is 15.1. The minimum absolute atomic E-state index is 0.153. The Kier molecular flexibility index (Phi) is 6.15. The number of carbonyl (C=O) groups is 1. The van der Waals surface area contributed by atoms with E-state index in [-0.39, 0.29) is 5.97 Å². The first kappa shape index (κ1) is 15.9. The zero-order valence-electron chi connectivity index (χ0n) is 11.8. The van der Waals surface area contributed by atoms with E-state index in [1.165, 1.54) is 0 Å². The van der Waals surface area contributed by atoms with Crippen LogP contribution in [-0.4, -0.2) is 18.3 Å². The molecule has 0 unspecified atom stereocenters. The standard InChI is InChI=1S/C17H17ClO2S/c1-2-20-17(19)11-12-21-16-10-6-4-8-14(16)13-7-3-5-9-15(13)18/h3-10H,2,11-12H2,1H3. The number of carbonyl (C=O) groups excluding carboxylic acids is 1. The van der Waals surface area contributed by atoms with Crippen molar-refractivity contribution in [3.63, 3.8) is 0 Å². The third-order valence-corrected chi connectivity index (χ3v) is 4.33. The van der Waals surface area contributed by atoms with Gasteiger partial charge in [0.2, 0.25) is 0 Å². The van der Waals surface area contributed by atoms with Crippen molar-refractivity contribution in [2.75, 3.05) is 12.4 Å². The van der Waals surface area contributed by atoms with Gasteiger partial charge in [-0.25, -0.2) is 0 Å². The van der Waals surface area contributed by atoms with Gasteiger partial charge in [-0.3, -0.25) is 4.79 Å². The Balaban J connectivity index is 2.11. The molecule has 0 N–H and O–H groups in total. The van der Waals surface area contributed by atoms with Crippen LogP contribution in [0.25, 0.3) is 11.1 Å². The average Bonchev–Trinajstić information content (AvgIpc) is 2.49. The molecule has 0 amide bonds. The fourth-order valence-electron chi connectivity index (χ4n) is 1.97. The number of thioether (sulfide) groups is 1. The predicted molar refractivity (Wildman–Crippen MR) is 88.9 cm³/mol. The van der Waals surface area contributed by atoms with E-state index in [1.54, 1.807) is 11.8 Å². The van der Waals surface area contributed by atoms with E-state index in [4.69, 9.17) is 16.3 Å². The monoisotopic (exact) mass is 320 g/mol. The van der Waals surface area contributed by atoms with Crippen molar-refractivity contribution in [3.05, 3.63) is 53.6 Å². The predicted octanol–water partition coefficient (Wildman–Crippen LogP) is 5.05. The highest BCUT2D eigenvalue weighted by molar-refractivity contribution is 7.99. The van der Waals surface area contributed by atoms with Gasteiger partial charge in [-0.05, 0) is 24.6 Å². The summed E-state index contributed by atoms with van der Waals surface area (Å²) in [6.45, 7) is 2.25. The van der Waals surface area contributed by atoms with Gasteiger partial charge in [0.15, 0.2) is 0 Å². The number of rotatable bonds is 6. The summed E-state index contributed by atoms with van der Waals surface area (Å²) in [6, 6.07) is 15.9. The summed E-state index contributed by atoms with van der Waals surface area (Å²) in [7, 11) is 0. The van der Waals surface area contributed by atoms with Gasteiger partial charge in [-0.1, -0.05) is 48.0 Å². The first-order valence-corrected chi connectivity index (χ1v) is 8.21. The van der Waals surface area contributed by atoms with Crippen molar-refractivity contribution in [1.29, 1.82) is 0 Å². The molecular weight excluding hydrogens is 304 g/mol. The summed E-state index contributed by atoms with van der Waals surface area (Å²) in [5.74, 6) is 0.542. The molecule has 0 radical (unpaired) electrons. The second-order valence-corrected chi connectivity index (χ2v) is 5.92. The molecule has 0 spiro atoms. The van der Waals surface area contributed by atoms with E-state index in [2.05, 4.69) is 6.07 Å². The van der Waals surface area contributed by atoms with E-state index >= 15 is 0 Å². The largest absolute Gasteiger partial charge is 0.466 e. The Morgan fingerprint density at radius 1 is 1.10 bits per heavy atom. The van der Waals surface area contributed by atoms with E-state index in [0.717, 1.165) is 21.0 Å². The van der Waals surface area contributed by atoms with Gasteiger partial charge in [0, 0.05) is 21.2 Å². The molecule has 0 bridgehead atoms. The molecule has 4 heteroatoms. The Bertz CT molecular complexity index is 613. The topological polar surface area (TPSA) is 26.3 Å². The van der Waals surface area contributed by atoms with E-state index < -0.39 is 0 Å². The van der Waals surface area contributed by atoms with Crippen molar-refractivity contribution in [1.82, 2.24) is 0 Å². The van der Waals surface area contributed by atoms with Gasteiger partial charge in [0.25, 0.3) is 0 Å². The van der Waals surface area contributed by atoms with Crippen molar-refractivity contribution >= 4 is 29.3 Å². The van der Waals surface area contributed by atoms with Gasteiger partial charge >= 0.3 is 5.97 Å². The maximum atomic E-state index is 11.4. The van der Waals surface area contributed by atoms with Gasteiger partial charge in [0.1, 0.15) is 0 Å². The van der Waals surface area contributed by atoms with Crippen LogP contribution >= 0.6 is 23.4 Å². The lowest BCUT2D eigenvalue weighted by molar-refractivity contribution is -0.142. The second kappa shape index (κ2) is 8.11. The van der Waals surface area contributed by atoms with Crippen LogP contribution in [0.4, 0.5) is 0 Å². The van der Waals surface area contributed by atoms with Crippen molar-refractivity contribution < 1.29 is 9.53 Å². The summed E-state index contributed by atoms with van der Waals surface area (Å²) >= 11 is 7.92. The minimum atomic E-state index is -0.153. The molecule has 2 nitrogen and oxygen atoms in total. The fourth-order valence-corrected chi connectivity index (χ4v) is 3.21. The molecule has 21 heavy (non-hydrogen) atoms. The number of ether oxygens (including phenoxy) is 1. The van der Waals surface area contributed by atoms with Crippen LogP contribution in [-0.2, 0) is 9.53 Å². The van der Waals surface area contributed by atoms with Gasteiger partial charge < -0.3 is 4.74 Å². The number of hydrogen-bond donors (Lipinski definition) is 0. The molecule has 2 aromatic carbocycles. The molecule has 0 saturated heterocycles. The van der Waals surface area contributed by atoms with Crippen molar-refractivity contribution in [2.24, 2.45) is 0 Å². The first-order chi connectivity index (χ1) is 10.2. The van der Waals surface area contributed by atoms with E-state index in [1.807, 2.05) is 49.4 Å². The number of benzene rings is 2. The van der Waals surface area contributed by atoms with Crippen LogP contribution in [0.1, 0.15) is 13.3 Å². The van der Waals surface area contributed by atoms with Crippen LogP contribution < -0.4 is 0 Å². The molecule has 0 aliphatic rings. The van der Waals surface area contributed by atoms with Crippen molar-refractivity contribution in [2.45, 2.75) is 18.2 Å². The Hall–Kier alpha value is -1.45. The molecule has 0 saturated carbocycles. The Morgan fingerprint density at radius 2 is 1.76 bits per heavy atom. The molecule has 0 atom stereocenters. The lowest BCUT2D eigenvalue weighted by Crippen LogP contribution is -2.04. The van der Waals surface area contributed by atoms with Crippen molar-refractivity contribution in [3.8, 4) is 11.1 Å². The molecule has 0 heterocycles. The summed E-state index contributed by atoms with van der Waals surface area (Å²) in [4.78, 5) is 12.5. The van der Waals surface area contributed by atoms with Crippen LogP contribution in [0.3, 0.4) is 0 Å². The third-order valence-electron chi connectivity index (χ3n) is 2.92. The second-order valence-electron chi connectivity index (χ2n) is 4.38. The zero-order valence-corrected chi connectivity index (χ0v) is 13.4. The van der Waals surface area contributed by atoms with Crippen LogP contribution in [0.5, 0.6) is 0 Å². The Morgan fingerprint density at radius 3 is 2.48 bits per heavy atom. The number of halogens is 1.